The molecule has 0 aliphatic carbocycles. The molecule has 4 nitrogen and oxygen atoms in total. The summed E-state index contributed by atoms with van der Waals surface area (Å²) in [5, 5.41) is 3.32. The van der Waals surface area contributed by atoms with E-state index in [1.54, 1.807) is 7.11 Å². The number of hydrogen-bond donors (Lipinski definition) is 1. The molecule has 2 unspecified atom stereocenters. The molecule has 2 heterocycles. The van der Waals surface area contributed by atoms with Gasteiger partial charge in [-0.15, -0.1) is 0 Å². The van der Waals surface area contributed by atoms with Crippen LogP contribution in [-0.4, -0.2) is 31.9 Å². The predicted molar refractivity (Wildman–Crippen MR) is 70.8 cm³/mol. The lowest BCUT2D eigenvalue weighted by atomic mass is 10.0. The van der Waals surface area contributed by atoms with E-state index >= 15 is 0 Å². The molecule has 1 fully saturated rings. The molecule has 100 valence electrons. The zero-order valence-corrected chi connectivity index (χ0v) is 11.2. The first kappa shape index (κ1) is 13.3. The van der Waals surface area contributed by atoms with Crippen LogP contribution in [-0.2, 0) is 4.74 Å². The molecule has 0 saturated carbocycles. The van der Waals surface area contributed by atoms with E-state index in [1.807, 2.05) is 25.4 Å². The Morgan fingerprint density at radius 2 is 2.50 bits per heavy atom. The van der Waals surface area contributed by atoms with Crippen molar-refractivity contribution < 1.29 is 9.47 Å². The highest BCUT2D eigenvalue weighted by atomic mass is 16.5. The van der Waals surface area contributed by atoms with Crippen LogP contribution in [0.3, 0.4) is 0 Å². The van der Waals surface area contributed by atoms with Gasteiger partial charge in [-0.2, -0.15) is 0 Å². The molecule has 1 aromatic rings. The number of aromatic nitrogens is 1. The third-order valence-corrected chi connectivity index (χ3v) is 3.50. The van der Waals surface area contributed by atoms with Crippen LogP contribution in [0.4, 0.5) is 0 Å². The van der Waals surface area contributed by atoms with Crippen molar-refractivity contribution in [2.75, 3.05) is 20.8 Å². The molecule has 1 saturated heterocycles. The van der Waals surface area contributed by atoms with Gasteiger partial charge < -0.3 is 14.8 Å². The van der Waals surface area contributed by atoms with Crippen molar-refractivity contribution in [3.8, 4) is 5.75 Å². The van der Waals surface area contributed by atoms with Crippen LogP contribution in [0.5, 0.6) is 5.75 Å². The second-order valence-electron chi connectivity index (χ2n) is 4.64. The monoisotopic (exact) mass is 250 g/mol. The fourth-order valence-corrected chi connectivity index (χ4v) is 2.48. The number of ether oxygens (including phenoxy) is 2. The van der Waals surface area contributed by atoms with E-state index in [0.29, 0.717) is 6.10 Å². The summed E-state index contributed by atoms with van der Waals surface area (Å²) in [7, 11) is 3.65. The molecule has 1 aliphatic heterocycles. The van der Waals surface area contributed by atoms with Crippen LogP contribution in [0.25, 0.3) is 0 Å². The molecule has 0 amide bonds. The summed E-state index contributed by atoms with van der Waals surface area (Å²) < 4.78 is 11.0. The molecule has 0 radical (unpaired) electrons. The lowest BCUT2D eigenvalue weighted by Gasteiger charge is -2.19. The smallest absolute Gasteiger partial charge is 0.141 e. The lowest BCUT2D eigenvalue weighted by Crippen LogP contribution is -2.20. The predicted octanol–water partition coefficient (Wildman–Crippen LogP) is 2.31. The molecule has 1 aliphatic rings. The second kappa shape index (κ2) is 6.71. The summed E-state index contributed by atoms with van der Waals surface area (Å²) in [6.45, 7) is 0.918. The molecule has 2 rings (SSSR count). The molecule has 18 heavy (non-hydrogen) atoms. The van der Waals surface area contributed by atoms with Crippen molar-refractivity contribution >= 4 is 0 Å². The minimum Gasteiger partial charge on any atom is -0.495 e. The highest BCUT2D eigenvalue weighted by Crippen LogP contribution is 2.27. The molecular weight excluding hydrogens is 228 g/mol. The van der Waals surface area contributed by atoms with Gasteiger partial charge in [-0.3, -0.25) is 4.98 Å². The Hall–Kier alpha value is -1.13. The van der Waals surface area contributed by atoms with Gasteiger partial charge in [0.15, 0.2) is 0 Å². The first-order valence-electron chi connectivity index (χ1n) is 6.63. The maximum absolute atomic E-state index is 5.66. The third-order valence-electron chi connectivity index (χ3n) is 3.50. The maximum Gasteiger partial charge on any atom is 0.141 e. The second-order valence-corrected chi connectivity index (χ2v) is 4.64. The van der Waals surface area contributed by atoms with E-state index in [1.165, 1.54) is 12.8 Å². The highest BCUT2D eigenvalue weighted by molar-refractivity contribution is 5.29. The minimum atomic E-state index is 0.227. The number of nitrogens with zero attached hydrogens (tertiary/aromatic N) is 1. The minimum absolute atomic E-state index is 0.227. The van der Waals surface area contributed by atoms with Gasteiger partial charge in [0.05, 0.1) is 24.9 Å². The van der Waals surface area contributed by atoms with E-state index in [-0.39, 0.29) is 6.04 Å². The molecule has 0 aromatic carbocycles. The number of rotatable bonds is 6. The van der Waals surface area contributed by atoms with Crippen LogP contribution in [0.2, 0.25) is 0 Å². The fourth-order valence-electron chi connectivity index (χ4n) is 2.48. The van der Waals surface area contributed by atoms with Crippen LogP contribution in [0.15, 0.2) is 18.3 Å². The van der Waals surface area contributed by atoms with Crippen LogP contribution < -0.4 is 10.1 Å². The van der Waals surface area contributed by atoms with Crippen molar-refractivity contribution in [1.82, 2.24) is 10.3 Å². The molecule has 4 heteroatoms. The van der Waals surface area contributed by atoms with Crippen molar-refractivity contribution in [3.63, 3.8) is 0 Å². The number of methoxy groups -OCH3 is 1. The average molecular weight is 250 g/mol. The summed E-state index contributed by atoms with van der Waals surface area (Å²) in [5.74, 6) is 0.851. The normalized spacial score (nSPS) is 20.9. The topological polar surface area (TPSA) is 43.4 Å². The standard InChI is InChI=1S/C14H22N2O2/c1-15-12(8-7-11-5-4-10-18-11)14-13(17-2)6-3-9-16-14/h3,6,9,11-12,15H,4-5,7-8,10H2,1-2H3. The Labute approximate surface area is 109 Å². The molecule has 2 atom stereocenters. The van der Waals surface area contributed by atoms with Gasteiger partial charge in [0.1, 0.15) is 5.75 Å². The summed E-state index contributed by atoms with van der Waals surface area (Å²) in [5.41, 5.74) is 0.987. The lowest BCUT2D eigenvalue weighted by molar-refractivity contribution is 0.0996. The van der Waals surface area contributed by atoms with Gasteiger partial charge in [0, 0.05) is 12.8 Å². The van der Waals surface area contributed by atoms with E-state index in [2.05, 4.69) is 10.3 Å². The van der Waals surface area contributed by atoms with E-state index in [0.717, 1.165) is 30.9 Å². The molecule has 0 spiro atoms. The average Bonchev–Trinajstić information content (AvgIpc) is 2.93. The van der Waals surface area contributed by atoms with Gasteiger partial charge in [0.2, 0.25) is 0 Å². The molecule has 1 N–H and O–H groups in total. The molecular formula is C14H22N2O2. The van der Waals surface area contributed by atoms with Gasteiger partial charge in [-0.1, -0.05) is 0 Å². The first-order chi connectivity index (χ1) is 8.85. The Balaban J connectivity index is 1.98. The third kappa shape index (κ3) is 3.21. The van der Waals surface area contributed by atoms with Crippen LogP contribution in [0, 0.1) is 0 Å². The fraction of sp³-hybridized carbons (Fsp3) is 0.643. The Morgan fingerprint density at radius 1 is 1.61 bits per heavy atom. The quantitative estimate of drug-likeness (QED) is 0.841. The van der Waals surface area contributed by atoms with E-state index < -0.39 is 0 Å². The molecule has 0 bridgehead atoms. The summed E-state index contributed by atoms with van der Waals surface area (Å²) >= 11 is 0. The van der Waals surface area contributed by atoms with Crippen molar-refractivity contribution in [2.45, 2.75) is 37.8 Å². The van der Waals surface area contributed by atoms with Gasteiger partial charge in [-0.05, 0) is 44.9 Å². The van der Waals surface area contributed by atoms with Gasteiger partial charge >= 0.3 is 0 Å². The van der Waals surface area contributed by atoms with Crippen LogP contribution >= 0.6 is 0 Å². The Bertz CT molecular complexity index is 365. The summed E-state index contributed by atoms with van der Waals surface area (Å²) in [4.78, 5) is 4.44. The number of pyridine rings is 1. The van der Waals surface area contributed by atoms with Crippen molar-refractivity contribution in [1.29, 1.82) is 0 Å². The van der Waals surface area contributed by atoms with Gasteiger partial charge in [0.25, 0.3) is 0 Å². The number of nitrogens with one attached hydrogen (secondary N) is 1. The summed E-state index contributed by atoms with van der Waals surface area (Å²) in [6, 6.07) is 4.08. The van der Waals surface area contributed by atoms with Crippen LogP contribution in [0.1, 0.15) is 37.4 Å². The zero-order valence-electron chi connectivity index (χ0n) is 11.2. The SMILES string of the molecule is CNC(CCC1CCCO1)c1ncccc1OC. The molecule has 1 aromatic heterocycles. The maximum atomic E-state index is 5.66. The highest BCUT2D eigenvalue weighted by Gasteiger charge is 2.20. The Morgan fingerprint density at radius 3 is 3.17 bits per heavy atom. The summed E-state index contributed by atoms with van der Waals surface area (Å²) in [6.07, 6.45) is 6.72. The Kier molecular flexibility index (Phi) is 4.96. The van der Waals surface area contributed by atoms with E-state index in [9.17, 15) is 0 Å². The van der Waals surface area contributed by atoms with Crippen molar-refractivity contribution in [3.05, 3.63) is 24.0 Å². The zero-order chi connectivity index (χ0) is 12.8. The van der Waals surface area contributed by atoms with E-state index in [4.69, 9.17) is 9.47 Å². The van der Waals surface area contributed by atoms with Gasteiger partial charge in [-0.25, -0.2) is 0 Å². The number of hydrogen-bond acceptors (Lipinski definition) is 4. The first-order valence-corrected chi connectivity index (χ1v) is 6.63. The largest absolute Gasteiger partial charge is 0.495 e. The van der Waals surface area contributed by atoms with Crippen molar-refractivity contribution in [2.24, 2.45) is 0 Å².